The second-order valence-corrected chi connectivity index (χ2v) is 9.41. The van der Waals surface area contributed by atoms with E-state index < -0.39 is 11.7 Å². The SMILES string of the molecule is FC(F)(F)c1ccc2c(c1)[C@H]1O[C@@H](CNCCc3ccncc3)CC[C@H]1[C@H](C1C=CC=CC1)N2. The van der Waals surface area contributed by atoms with Gasteiger partial charge in [-0.1, -0.05) is 24.3 Å². The number of rotatable bonds is 6. The van der Waals surface area contributed by atoms with Gasteiger partial charge in [0.1, 0.15) is 0 Å². The van der Waals surface area contributed by atoms with Crippen molar-refractivity contribution in [3.05, 3.63) is 83.7 Å². The monoisotopic (exact) mass is 469 g/mol. The first-order chi connectivity index (χ1) is 16.5. The average molecular weight is 470 g/mol. The molecule has 0 spiro atoms. The Labute approximate surface area is 198 Å². The molecule has 3 aliphatic rings. The number of anilines is 1. The zero-order valence-corrected chi connectivity index (χ0v) is 19.0. The number of alkyl halides is 3. The Hall–Kier alpha value is -2.64. The van der Waals surface area contributed by atoms with E-state index in [0.717, 1.165) is 37.9 Å². The molecule has 1 fully saturated rings. The van der Waals surface area contributed by atoms with Crippen LogP contribution < -0.4 is 10.6 Å². The fraction of sp³-hybridized carbons (Fsp3) is 0.444. The van der Waals surface area contributed by atoms with Crippen molar-refractivity contribution >= 4 is 5.69 Å². The van der Waals surface area contributed by atoms with Gasteiger partial charge in [-0.05, 0) is 68.1 Å². The Morgan fingerprint density at radius 3 is 2.71 bits per heavy atom. The quantitative estimate of drug-likeness (QED) is 0.533. The molecule has 2 aliphatic heterocycles. The van der Waals surface area contributed by atoms with Gasteiger partial charge in [0.2, 0.25) is 0 Å². The van der Waals surface area contributed by atoms with Crippen LogP contribution in [0.25, 0.3) is 0 Å². The topological polar surface area (TPSA) is 46.2 Å². The Morgan fingerprint density at radius 2 is 1.94 bits per heavy atom. The van der Waals surface area contributed by atoms with Gasteiger partial charge in [0.05, 0.1) is 17.8 Å². The number of hydrogen-bond acceptors (Lipinski definition) is 4. The van der Waals surface area contributed by atoms with E-state index in [-0.39, 0.29) is 24.2 Å². The summed E-state index contributed by atoms with van der Waals surface area (Å²) >= 11 is 0. The molecule has 3 heterocycles. The minimum Gasteiger partial charge on any atom is -0.381 e. The zero-order valence-electron chi connectivity index (χ0n) is 19.0. The van der Waals surface area contributed by atoms with Gasteiger partial charge >= 0.3 is 6.18 Å². The number of fused-ring (bicyclic) bond motifs is 3. The number of nitrogens with one attached hydrogen (secondary N) is 2. The predicted octanol–water partition coefficient (Wildman–Crippen LogP) is 5.70. The summed E-state index contributed by atoms with van der Waals surface area (Å²) in [5, 5.41) is 7.05. The van der Waals surface area contributed by atoms with Crippen molar-refractivity contribution in [2.45, 2.75) is 50.1 Å². The highest BCUT2D eigenvalue weighted by atomic mass is 19.4. The van der Waals surface area contributed by atoms with Crippen LogP contribution in [0.1, 0.15) is 42.1 Å². The van der Waals surface area contributed by atoms with Crippen molar-refractivity contribution < 1.29 is 17.9 Å². The largest absolute Gasteiger partial charge is 0.416 e. The van der Waals surface area contributed by atoms with Gasteiger partial charge in [-0.2, -0.15) is 13.2 Å². The lowest BCUT2D eigenvalue weighted by atomic mass is 9.73. The lowest BCUT2D eigenvalue weighted by molar-refractivity contribution is -0.138. The van der Waals surface area contributed by atoms with E-state index in [0.29, 0.717) is 18.0 Å². The number of pyridine rings is 1. The summed E-state index contributed by atoms with van der Waals surface area (Å²) in [6.07, 6.45) is 10.9. The molecule has 4 nitrogen and oxygen atoms in total. The van der Waals surface area contributed by atoms with Crippen LogP contribution in [0.2, 0.25) is 0 Å². The second kappa shape index (κ2) is 9.92. The van der Waals surface area contributed by atoms with Gasteiger partial charge in [0, 0.05) is 48.1 Å². The Kier molecular flexibility index (Phi) is 6.75. The molecule has 34 heavy (non-hydrogen) atoms. The molecule has 1 aliphatic carbocycles. The van der Waals surface area contributed by atoms with Crippen LogP contribution in [-0.2, 0) is 17.3 Å². The molecular weight excluding hydrogens is 439 g/mol. The minimum atomic E-state index is -4.37. The van der Waals surface area contributed by atoms with Crippen molar-refractivity contribution in [3.63, 3.8) is 0 Å². The maximum absolute atomic E-state index is 13.5. The Morgan fingerprint density at radius 1 is 1.09 bits per heavy atom. The van der Waals surface area contributed by atoms with Crippen molar-refractivity contribution in [3.8, 4) is 0 Å². The highest BCUT2D eigenvalue weighted by Crippen LogP contribution is 2.49. The number of benzene rings is 1. The van der Waals surface area contributed by atoms with Gasteiger partial charge in [-0.25, -0.2) is 0 Å². The van der Waals surface area contributed by atoms with Crippen LogP contribution in [0, 0.1) is 11.8 Å². The molecule has 0 bridgehead atoms. The van der Waals surface area contributed by atoms with E-state index in [2.05, 4.69) is 33.8 Å². The van der Waals surface area contributed by atoms with Crippen molar-refractivity contribution in [2.24, 2.45) is 11.8 Å². The van der Waals surface area contributed by atoms with Crippen LogP contribution in [-0.4, -0.2) is 30.2 Å². The molecule has 0 saturated carbocycles. The highest BCUT2D eigenvalue weighted by molar-refractivity contribution is 5.58. The smallest absolute Gasteiger partial charge is 0.381 e. The van der Waals surface area contributed by atoms with Crippen LogP contribution in [0.15, 0.2) is 67.0 Å². The molecule has 5 atom stereocenters. The summed E-state index contributed by atoms with van der Waals surface area (Å²) in [6, 6.07) is 8.16. The molecule has 1 aromatic carbocycles. The van der Waals surface area contributed by atoms with Crippen LogP contribution in [0.3, 0.4) is 0 Å². The van der Waals surface area contributed by atoms with Crippen molar-refractivity contribution in [2.75, 3.05) is 18.4 Å². The number of allylic oxidation sites excluding steroid dienone is 3. The molecule has 1 saturated heterocycles. The third-order valence-corrected chi connectivity index (χ3v) is 7.21. The van der Waals surface area contributed by atoms with Gasteiger partial charge in [0.25, 0.3) is 0 Å². The molecule has 2 N–H and O–H groups in total. The van der Waals surface area contributed by atoms with E-state index in [1.54, 1.807) is 18.5 Å². The molecule has 1 aromatic heterocycles. The number of nitrogens with zero attached hydrogens (tertiary/aromatic N) is 1. The summed E-state index contributed by atoms with van der Waals surface area (Å²) in [4.78, 5) is 4.04. The maximum Gasteiger partial charge on any atom is 0.416 e. The number of hydrogen-bond donors (Lipinski definition) is 2. The van der Waals surface area contributed by atoms with E-state index >= 15 is 0 Å². The predicted molar refractivity (Wildman–Crippen MR) is 126 cm³/mol. The second-order valence-electron chi connectivity index (χ2n) is 9.41. The number of aromatic nitrogens is 1. The van der Waals surface area contributed by atoms with Gasteiger partial charge in [-0.3, -0.25) is 4.98 Å². The molecule has 2 aromatic rings. The molecule has 7 heteroatoms. The summed E-state index contributed by atoms with van der Waals surface area (Å²) in [6.45, 7) is 1.50. The molecule has 0 amide bonds. The fourth-order valence-electron chi connectivity index (χ4n) is 5.46. The standard InChI is InChI=1S/C27H30F3N3O/c28-27(29,30)20-6-9-24-23(16-20)26-22(25(33-24)19-4-2-1-3-5-19)8-7-21(34-26)17-32-15-12-18-10-13-31-14-11-18/h1-4,6,9-11,13-14,16,19,21-22,25-26,32-33H,5,7-8,12,15,17H2/t19?,21-,22+,25+,26+/m1/s1. The van der Waals surface area contributed by atoms with Crippen molar-refractivity contribution in [1.29, 1.82) is 0 Å². The minimum absolute atomic E-state index is 0.0263. The first-order valence-corrected chi connectivity index (χ1v) is 12.0. The molecular formula is C27H30F3N3O. The summed E-state index contributed by atoms with van der Waals surface area (Å²) in [5.74, 6) is 0.428. The summed E-state index contributed by atoms with van der Waals surface area (Å²) < 4.78 is 47.0. The van der Waals surface area contributed by atoms with Gasteiger partial charge in [0.15, 0.2) is 0 Å². The number of ether oxygens (including phenoxy) is 1. The van der Waals surface area contributed by atoms with Crippen molar-refractivity contribution in [1.82, 2.24) is 10.3 Å². The fourth-order valence-corrected chi connectivity index (χ4v) is 5.46. The van der Waals surface area contributed by atoms with E-state index in [9.17, 15) is 13.2 Å². The first-order valence-electron chi connectivity index (χ1n) is 12.0. The van der Waals surface area contributed by atoms with E-state index in [4.69, 9.17) is 4.74 Å². The van der Waals surface area contributed by atoms with Crippen LogP contribution in [0.4, 0.5) is 18.9 Å². The highest BCUT2D eigenvalue weighted by Gasteiger charge is 2.44. The lowest BCUT2D eigenvalue weighted by Gasteiger charge is -2.47. The van der Waals surface area contributed by atoms with Crippen LogP contribution >= 0.6 is 0 Å². The average Bonchev–Trinajstić information content (AvgIpc) is 2.86. The molecule has 1 unspecified atom stereocenters. The third kappa shape index (κ3) is 5.05. The van der Waals surface area contributed by atoms with Gasteiger partial charge in [-0.15, -0.1) is 0 Å². The Bertz CT molecular complexity index is 1040. The van der Waals surface area contributed by atoms with Gasteiger partial charge < -0.3 is 15.4 Å². The lowest BCUT2D eigenvalue weighted by Crippen LogP contribution is -2.48. The first kappa shape index (κ1) is 23.1. The molecule has 180 valence electrons. The summed E-state index contributed by atoms with van der Waals surface area (Å²) in [5.41, 5.74) is 1.99. The normalized spacial score (nSPS) is 28.1. The third-order valence-electron chi connectivity index (χ3n) is 7.21. The van der Waals surface area contributed by atoms with E-state index in [1.807, 2.05) is 18.2 Å². The van der Waals surface area contributed by atoms with Crippen LogP contribution in [0.5, 0.6) is 0 Å². The number of halogens is 3. The summed E-state index contributed by atoms with van der Waals surface area (Å²) in [7, 11) is 0. The molecule has 5 rings (SSSR count). The zero-order chi connectivity index (χ0) is 23.5. The maximum atomic E-state index is 13.5. The Balaban J connectivity index is 1.31. The van der Waals surface area contributed by atoms with E-state index in [1.165, 1.54) is 17.7 Å². The molecule has 0 radical (unpaired) electrons.